The zero-order valence-electron chi connectivity index (χ0n) is 42.3. The lowest BCUT2D eigenvalue weighted by Crippen LogP contribution is -2.23. The predicted octanol–water partition coefficient (Wildman–Crippen LogP) is 19.3. The highest BCUT2D eigenvalue weighted by atomic mass is 16.5. The summed E-state index contributed by atoms with van der Waals surface area (Å²) in [4.78, 5) is 11.8. The zero-order chi connectivity index (χ0) is 43.8. The van der Waals surface area contributed by atoms with Gasteiger partial charge in [-0.05, 0) is 89.4 Å². The van der Waals surface area contributed by atoms with Crippen LogP contribution in [0.15, 0.2) is 12.2 Å². The third-order valence-corrected chi connectivity index (χ3v) is 14.3. The number of esters is 1. The van der Waals surface area contributed by atoms with Gasteiger partial charge in [0.25, 0.3) is 0 Å². The molecule has 0 aromatic carbocycles. The Balaban J connectivity index is 1.81. The molecule has 1 fully saturated rings. The maximum absolute atomic E-state index is 11.8. The molecular weight excluding hydrogens is 733 g/mol. The summed E-state index contributed by atoms with van der Waals surface area (Å²) < 4.78 is 11.3. The van der Waals surface area contributed by atoms with Crippen LogP contribution in [0.2, 0.25) is 0 Å². The SMILES string of the molecule is CCCCCCCCCCCCCCCCCC[C@H](C)[C@H](CCCCCCCCCCCCC/C=C\C[C@H](C)[C@H]1C[C@@H]1CCCCCCCCCOC(=O)C(C)(C)C)OC. The standard InChI is InChI=1S/C57H110O3/c1-8-9-10-11-12-13-14-15-16-17-21-24-27-31-36-41-46-52(3)55(59-7)48-43-38-33-28-25-22-19-18-20-23-26-30-35-40-45-51(2)54-50-53(54)47-42-37-32-29-34-39-44-49-60-56(58)57(4,5)6/h35,40,51-55H,8-34,36-39,41-50H2,1-7H3/b40-35-/t51-,52-,53-,54+,55-/m0/s1. The molecule has 1 saturated carbocycles. The number of carbonyl (C=O) groups excluding carboxylic acids is 1. The molecule has 1 aliphatic carbocycles. The number of hydrogen-bond acceptors (Lipinski definition) is 3. The van der Waals surface area contributed by atoms with Crippen molar-refractivity contribution < 1.29 is 14.3 Å². The van der Waals surface area contributed by atoms with Crippen molar-refractivity contribution >= 4 is 5.97 Å². The highest BCUT2D eigenvalue weighted by Gasteiger charge is 2.39. The maximum atomic E-state index is 11.8. The van der Waals surface area contributed by atoms with Gasteiger partial charge in [0.1, 0.15) is 0 Å². The molecule has 0 amide bonds. The highest BCUT2D eigenvalue weighted by Crippen LogP contribution is 2.48. The highest BCUT2D eigenvalue weighted by molar-refractivity contribution is 5.75. The van der Waals surface area contributed by atoms with Crippen LogP contribution in [0.4, 0.5) is 0 Å². The molecular formula is C57H110O3. The third-order valence-electron chi connectivity index (χ3n) is 14.3. The van der Waals surface area contributed by atoms with Crippen molar-refractivity contribution in [1.82, 2.24) is 0 Å². The summed E-state index contributed by atoms with van der Waals surface area (Å²) in [6.07, 6.45) is 61.3. The van der Waals surface area contributed by atoms with Crippen LogP contribution in [0.5, 0.6) is 0 Å². The number of carbonyl (C=O) groups is 1. The molecule has 356 valence electrons. The van der Waals surface area contributed by atoms with E-state index < -0.39 is 0 Å². The van der Waals surface area contributed by atoms with E-state index in [1.165, 1.54) is 250 Å². The molecule has 1 aliphatic rings. The Morgan fingerprint density at radius 2 is 0.967 bits per heavy atom. The van der Waals surface area contributed by atoms with Gasteiger partial charge < -0.3 is 9.47 Å². The van der Waals surface area contributed by atoms with Crippen molar-refractivity contribution in [2.75, 3.05) is 13.7 Å². The average Bonchev–Trinajstić information content (AvgIpc) is 4.01. The molecule has 0 aromatic rings. The van der Waals surface area contributed by atoms with E-state index in [1.807, 2.05) is 27.9 Å². The van der Waals surface area contributed by atoms with Gasteiger partial charge in [0.05, 0.1) is 18.1 Å². The van der Waals surface area contributed by atoms with Gasteiger partial charge in [0, 0.05) is 7.11 Å². The monoisotopic (exact) mass is 843 g/mol. The first-order valence-corrected chi connectivity index (χ1v) is 27.6. The van der Waals surface area contributed by atoms with Gasteiger partial charge >= 0.3 is 5.97 Å². The summed E-state index contributed by atoms with van der Waals surface area (Å²) in [7, 11) is 1.95. The second-order valence-electron chi connectivity index (χ2n) is 21.3. The van der Waals surface area contributed by atoms with Crippen LogP contribution in [0.25, 0.3) is 0 Å². The van der Waals surface area contributed by atoms with Crippen molar-refractivity contribution in [3.05, 3.63) is 12.2 Å². The molecule has 0 unspecified atom stereocenters. The van der Waals surface area contributed by atoms with Crippen LogP contribution in [-0.4, -0.2) is 25.8 Å². The number of unbranched alkanes of at least 4 members (excludes halogenated alkanes) is 32. The van der Waals surface area contributed by atoms with Crippen molar-refractivity contribution in [2.24, 2.45) is 29.1 Å². The first kappa shape index (κ1) is 57.2. The lowest BCUT2D eigenvalue weighted by atomic mass is 9.93. The van der Waals surface area contributed by atoms with Gasteiger partial charge in [-0.25, -0.2) is 0 Å². The number of rotatable bonds is 46. The minimum absolute atomic E-state index is 0.0729. The molecule has 3 nitrogen and oxygen atoms in total. The molecule has 0 radical (unpaired) electrons. The summed E-state index contributed by atoms with van der Waals surface area (Å²) in [6.45, 7) is 13.6. The fourth-order valence-electron chi connectivity index (χ4n) is 9.71. The van der Waals surface area contributed by atoms with Crippen LogP contribution in [0, 0.1) is 29.1 Å². The lowest BCUT2D eigenvalue weighted by Gasteiger charge is -2.22. The van der Waals surface area contributed by atoms with Crippen molar-refractivity contribution in [3.63, 3.8) is 0 Å². The molecule has 0 heterocycles. The molecule has 5 atom stereocenters. The predicted molar refractivity (Wildman–Crippen MR) is 266 cm³/mol. The topological polar surface area (TPSA) is 35.5 Å². The minimum atomic E-state index is -0.380. The summed E-state index contributed by atoms with van der Waals surface area (Å²) in [5.41, 5.74) is -0.380. The van der Waals surface area contributed by atoms with Gasteiger partial charge in [0.2, 0.25) is 0 Å². The molecule has 0 spiro atoms. The average molecular weight is 844 g/mol. The molecule has 0 aromatic heterocycles. The fourth-order valence-corrected chi connectivity index (χ4v) is 9.71. The summed E-state index contributed by atoms with van der Waals surface area (Å²) in [5, 5.41) is 0. The Morgan fingerprint density at radius 3 is 1.43 bits per heavy atom. The maximum Gasteiger partial charge on any atom is 0.311 e. The molecule has 0 saturated heterocycles. The first-order chi connectivity index (χ1) is 29.2. The number of allylic oxidation sites excluding steroid dienone is 2. The fraction of sp³-hybridized carbons (Fsp3) is 0.947. The van der Waals surface area contributed by atoms with E-state index in [9.17, 15) is 4.79 Å². The van der Waals surface area contributed by atoms with E-state index in [0.29, 0.717) is 18.6 Å². The van der Waals surface area contributed by atoms with E-state index in [4.69, 9.17) is 9.47 Å². The quantitative estimate of drug-likeness (QED) is 0.0348. The minimum Gasteiger partial charge on any atom is -0.465 e. The van der Waals surface area contributed by atoms with Crippen LogP contribution in [-0.2, 0) is 14.3 Å². The van der Waals surface area contributed by atoms with Crippen LogP contribution >= 0.6 is 0 Å². The van der Waals surface area contributed by atoms with Gasteiger partial charge in [0.15, 0.2) is 0 Å². The lowest BCUT2D eigenvalue weighted by molar-refractivity contribution is -0.153. The van der Waals surface area contributed by atoms with Crippen LogP contribution in [0.1, 0.15) is 298 Å². The number of methoxy groups -OCH3 is 1. The molecule has 0 aliphatic heterocycles. The van der Waals surface area contributed by atoms with Crippen molar-refractivity contribution in [1.29, 1.82) is 0 Å². The Labute approximate surface area is 378 Å². The largest absolute Gasteiger partial charge is 0.465 e. The molecule has 3 heteroatoms. The van der Waals surface area contributed by atoms with Crippen LogP contribution < -0.4 is 0 Å². The summed E-state index contributed by atoms with van der Waals surface area (Å²) >= 11 is 0. The van der Waals surface area contributed by atoms with E-state index >= 15 is 0 Å². The zero-order valence-corrected chi connectivity index (χ0v) is 42.3. The van der Waals surface area contributed by atoms with Gasteiger partial charge in [-0.1, -0.05) is 245 Å². The number of ether oxygens (including phenoxy) is 2. The van der Waals surface area contributed by atoms with E-state index in [2.05, 4.69) is 32.9 Å². The van der Waals surface area contributed by atoms with Gasteiger partial charge in [-0.15, -0.1) is 0 Å². The Bertz CT molecular complexity index is 934. The third kappa shape index (κ3) is 35.6. The summed E-state index contributed by atoms with van der Waals surface area (Å²) in [6, 6.07) is 0. The Morgan fingerprint density at radius 1 is 0.550 bits per heavy atom. The van der Waals surface area contributed by atoms with Gasteiger partial charge in [-0.3, -0.25) is 4.79 Å². The second-order valence-corrected chi connectivity index (χ2v) is 21.3. The Kier molecular flexibility index (Phi) is 39.0. The van der Waals surface area contributed by atoms with E-state index in [-0.39, 0.29) is 11.4 Å². The molecule has 0 bridgehead atoms. The molecule has 1 rings (SSSR count). The number of hydrogen-bond donors (Lipinski definition) is 0. The second kappa shape index (κ2) is 40.9. The smallest absolute Gasteiger partial charge is 0.311 e. The van der Waals surface area contributed by atoms with Crippen LogP contribution in [0.3, 0.4) is 0 Å². The van der Waals surface area contributed by atoms with Crippen molar-refractivity contribution in [2.45, 2.75) is 304 Å². The molecule has 60 heavy (non-hydrogen) atoms. The first-order valence-electron chi connectivity index (χ1n) is 27.6. The van der Waals surface area contributed by atoms with E-state index in [1.54, 1.807) is 0 Å². The summed E-state index contributed by atoms with van der Waals surface area (Å²) in [5.74, 6) is 3.51. The Hall–Kier alpha value is -0.830. The van der Waals surface area contributed by atoms with E-state index in [0.717, 1.165) is 24.2 Å². The van der Waals surface area contributed by atoms with Gasteiger partial charge in [-0.2, -0.15) is 0 Å². The van der Waals surface area contributed by atoms with Crippen molar-refractivity contribution in [3.8, 4) is 0 Å². The normalized spacial score (nSPS) is 17.1. The molecule has 0 N–H and O–H groups in total.